The van der Waals surface area contributed by atoms with E-state index in [1.807, 2.05) is 37.9 Å². The Kier molecular flexibility index (Phi) is 8.88. The van der Waals surface area contributed by atoms with Gasteiger partial charge in [0.15, 0.2) is 6.10 Å². The molecule has 1 heterocycles. The molecule has 1 aromatic rings. The van der Waals surface area contributed by atoms with Gasteiger partial charge in [0.1, 0.15) is 5.75 Å². The number of likely N-dealkylation sites (tertiary alicyclic amines) is 1. The molecule has 1 amide bonds. The van der Waals surface area contributed by atoms with Gasteiger partial charge in [-0.1, -0.05) is 11.6 Å². The normalized spacial score (nSPS) is 16.4. The van der Waals surface area contributed by atoms with Gasteiger partial charge in [-0.2, -0.15) is 0 Å². The molecule has 1 atom stereocenters. The van der Waals surface area contributed by atoms with Crippen LogP contribution in [0.1, 0.15) is 31.7 Å². The number of carbonyl (C=O) groups excluding carboxylic acids is 1. The molecule has 6 heteroatoms. The molecule has 136 valence electrons. The highest BCUT2D eigenvalue weighted by atomic mass is 35.5. The lowest BCUT2D eigenvalue weighted by Crippen LogP contribution is -2.45. The predicted molar refractivity (Wildman–Crippen MR) is 101 cm³/mol. The van der Waals surface area contributed by atoms with Gasteiger partial charge >= 0.3 is 0 Å². The summed E-state index contributed by atoms with van der Waals surface area (Å²) < 4.78 is 5.85. The number of aryl methyl sites for hydroxylation is 1. The maximum Gasteiger partial charge on any atom is 0.263 e. The molecule has 0 radical (unpaired) electrons. The van der Waals surface area contributed by atoms with Crippen LogP contribution in [0.3, 0.4) is 0 Å². The average molecular weight is 375 g/mol. The molecule has 2 rings (SSSR count). The molecule has 24 heavy (non-hydrogen) atoms. The van der Waals surface area contributed by atoms with Crippen molar-refractivity contribution in [1.29, 1.82) is 0 Å². The zero-order chi connectivity index (χ0) is 16.8. The summed E-state index contributed by atoms with van der Waals surface area (Å²) in [6.45, 7) is 6.48. The van der Waals surface area contributed by atoms with Crippen LogP contribution in [0, 0.1) is 12.8 Å². The summed E-state index contributed by atoms with van der Waals surface area (Å²) in [4.78, 5) is 14.5. The van der Waals surface area contributed by atoms with Crippen molar-refractivity contribution in [1.82, 2.24) is 10.2 Å². The number of halogens is 2. The summed E-state index contributed by atoms with van der Waals surface area (Å²) in [6, 6.07) is 5.46. The smallest absolute Gasteiger partial charge is 0.263 e. The lowest BCUT2D eigenvalue weighted by atomic mass is 9.93. The minimum Gasteiger partial charge on any atom is -0.481 e. The number of nitrogens with zero attached hydrogens (tertiary/aromatic N) is 1. The van der Waals surface area contributed by atoms with Crippen LogP contribution in [0.2, 0.25) is 5.02 Å². The molecule has 1 unspecified atom stereocenters. The molecule has 1 N–H and O–H groups in total. The highest BCUT2D eigenvalue weighted by molar-refractivity contribution is 6.30. The van der Waals surface area contributed by atoms with Crippen molar-refractivity contribution in [3.8, 4) is 5.75 Å². The summed E-state index contributed by atoms with van der Waals surface area (Å²) in [5, 5.41) is 3.87. The highest BCUT2D eigenvalue weighted by Crippen LogP contribution is 2.24. The number of benzene rings is 1. The first-order valence-corrected chi connectivity index (χ1v) is 8.75. The van der Waals surface area contributed by atoms with Gasteiger partial charge in [-0.25, -0.2) is 0 Å². The van der Waals surface area contributed by atoms with Crippen molar-refractivity contribution in [3.63, 3.8) is 0 Å². The molecule has 0 spiro atoms. The van der Waals surface area contributed by atoms with Crippen molar-refractivity contribution in [3.05, 3.63) is 28.8 Å². The molecule has 1 aliphatic heterocycles. The lowest BCUT2D eigenvalue weighted by Gasteiger charge is -2.33. The minimum atomic E-state index is -0.469. The first kappa shape index (κ1) is 21.1. The number of carbonyl (C=O) groups is 1. The van der Waals surface area contributed by atoms with Crippen molar-refractivity contribution >= 4 is 29.9 Å². The van der Waals surface area contributed by atoms with Crippen molar-refractivity contribution in [2.45, 2.75) is 39.2 Å². The molecule has 0 bridgehead atoms. The minimum absolute atomic E-state index is 0. The molecule has 0 aliphatic carbocycles. The SMILES string of the molecule is CNCCC1CCN(C(=O)C(C)Oc2ccc(Cl)cc2C)CC1.Cl. The van der Waals surface area contributed by atoms with E-state index in [2.05, 4.69) is 5.32 Å². The van der Waals surface area contributed by atoms with Crippen molar-refractivity contribution in [2.24, 2.45) is 5.92 Å². The van der Waals surface area contributed by atoms with Crippen LogP contribution in [0.5, 0.6) is 5.75 Å². The van der Waals surface area contributed by atoms with Crippen LogP contribution in [0.15, 0.2) is 18.2 Å². The Bertz CT molecular complexity index is 532. The van der Waals surface area contributed by atoms with E-state index in [1.165, 1.54) is 6.42 Å². The zero-order valence-electron chi connectivity index (χ0n) is 14.7. The summed E-state index contributed by atoms with van der Waals surface area (Å²) in [7, 11) is 1.98. The van der Waals surface area contributed by atoms with E-state index in [4.69, 9.17) is 16.3 Å². The van der Waals surface area contributed by atoms with Crippen molar-refractivity contribution in [2.75, 3.05) is 26.7 Å². The Hall–Kier alpha value is -0.970. The topological polar surface area (TPSA) is 41.6 Å². The third-order valence-electron chi connectivity index (χ3n) is 4.52. The average Bonchev–Trinajstić information content (AvgIpc) is 2.55. The van der Waals surface area contributed by atoms with E-state index >= 15 is 0 Å². The van der Waals surface area contributed by atoms with E-state index in [9.17, 15) is 4.79 Å². The third kappa shape index (κ3) is 5.83. The summed E-state index contributed by atoms with van der Waals surface area (Å²) >= 11 is 5.95. The number of nitrogens with one attached hydrogen (secondary N) is 1. The van der Waals surface area contributed by atoms with Gasteiger partial charge in [0, 0.05) is 18.1 Å². The van der Waals surface area contributed by atoms with E-state index in [0.29, 0.717) is 5.02 Å². The molecular weight excluding hydrogens is 347 g/mol. The maximum absolute atomic E-state index is 12.6. The number of amides is 1. The van der Waals surface area contributed by atoms with Gasteiger partial charge in [0.25, 0.3) is 5.91 Å². The molecule has 4 nitrogen and oxygen atoms in total. The quantitative estimate of drug-likeness (QED) is 0.825. The van der Waals surface area contributed by atoms with Crippen LogP contribution in [0.25, 0.3) is 0 Å². The third-order valence-corrected chi connectivity index (χ3v) is 4.75. The van der Waals surface area contributed by atoms with Crippen LogP contribution < -0.4 is 10.1 Å². The van der Waals surface area contributed by atoms with Gasteiger partial charge in [-0.15, -0.1) is 12.4 Å². The fraction of sp³-hybridized carbons (Fsp3) is 0.611. The van der Waals surface area contributed by atoms with Crippen LogP contribution in [0.4, 0.5) is 0 Å². The maximum atomic E-state index is 12.6. The van der Waals surface area contributed by atoms with E-state index in [1.54, 1.807) is 6.07 Å². The number of ether oxygens (including phenoxy) is 1. The van der Waals surface area contributed by atoms with Gasteiger partial charge < -0.3 is 15.0 Å². The summed E-state index contributed by atoms with van der Waals surface area (Å²) in [5.74, 6) is 1.52. The Morgan fingerprint density at radius 1 is 1.42 bits per heavy atom. The Morgan fingerprint density at radius 2 is 2.08 bits per heavy atom. The number of hydrogen-bond donors (Lipinski definition) is 1. The second-order valence-electron chi connectivity index (χ2n) is 6.33. The Balaban J connectivity index is 0.00000288. The number of piperidine rings is 1. The lowest BCUT2D eigenvalue weighted by molar-refractivity contribution is -0.139. The predicted octanol–water partition coefficient (Wildman–Crippen LogP) is 3.69. The van der Waals surface area contributed by atoms with Crippen molar-refractivity contribution < 1.29 is 9.53 Å². The molecular formula is C18H28Cl2N2O2. The summed E-state index contributed by atoms with van der Waals surface area (Å²) in [6.07, 6.45) is 2.89. The molecule has 1 aliphatic rings. The first-order valence-electron chi connectivity index (χ1n) is 8.37. The van der Waals surface area contributed by atoms with Crippen LogP contribution >= 0.6 is 24.0 Å². The Morgan fingerprint density at radius 3 is 2.67 bits per heavy atom. The van der Waals surface area contributed by atoms with Gasteiger partial charge in [-0.05, 0) is 76.4 Å². The van der Waals surface area contributed by atoms with E-state index in [-0.39, 0.29) is 18.3 Å². The monoisotopic (exact) mass is 374 g/mol. The second kappa shape index (κ2) is 10.1. The molecule has 1 fully saturated rings. The van der Waals surface area contributed by atoms with Gasteiger partial charge in [0.05, 0.1) is 0 Å². The van der Waals surface area contributed by atoms with E-state index in [0.717, 1.165) is 49.7 Å². The van der Waals surface area contributed by atoms with Gasteiger partial charge in [0.2, 0.25) is 0 Å². The molecule has 1 saturated heterocycles. The summed E-state index contributed by atoms with van der Waals surface area (Å²) in [5.41, 5.74) is 0.947. The molecule has 0 saturated carbocycles. The Labute approximate surface area is 156 Å². The van der Waals surface area contributed by atoms with Crippen LogP contribution in [-0.2, 0) is 4.79 Å². The fourth-order valence-corrected chi connectivity index (χ4v) is 3.26. The first-order chi connectivity index (χ1) is 11.0. The second-order valence-corrected chi connectivity index (χ2v) is 6.77. The van der Waals surface area contributed by atoms with E-state index < -0.39 is 6.10 Å². The molecule has 1 aromatic carbocycles. The molecule has 0 aromatic heterocycles. The fourth-order valence-electron chi connectivity index (χ4n) is 3.03. The van der Waals surface area contributed by atoms with Gasteiger partial charge in [-0.3, -0.25) is 4.79 Å². The van der Waals surface area contributed by atoms with Crippen LogP contribution in [-0.4, -0.2) is 43.6 Å². The standard InChI is InChI=1S/C18H27ClN2O2.ClH/c1-13-12-16(19)4-5-17(13)23-14(2)18(22)21-10-7-15(8-11-21)6-9-20-3;/h4-5,12,14-15,20H,6-11H2,1-3H3;1H. The zero-order valence-corrected chi connectivity index (χ0v) is 16.3. The number of rotatable bonds is 6. The highest BCUT2D eigenvalue weighted by Gasteiger charge is 2.27. The largest absolute Gasteiger partial charge is 0.481 e. The number of hydrogen-bond acceptors (Lipinski definition) is 3.